The van der Waals surface area contributed by atoms with E-state index in [1.807, 2.05) is 38.1 Å². The van der Waals surface area contributed by atoms with Crippen LogP contribution in [0.3, 0.4) is 0 Å². The van der Waals surface area contributed by atoms with Crippen molar-refractivity contribution in [2.75, 3.05) is 0 Å². The van der Waals surface area contributed by atoms with Gasteiger partial charge in [0.1, 0.15) is 11.2 Å². The van der Waals surface area contributed by atoms with Crippen molar-refractivity contribution < 1.29 is 4.92 Å². The van der Waals surface area contributed by atoms with E-state index in [4.69, 9.17) is 0 Å². The minimum absolute atomic E-state index is 0.0518. The molecule has 2 aromatic heterocycles. The lowest BCUT2D eigenvalue weighted by Gasteiger charge is -1.89. The third-order valence-electron chi connectivity index (χ3n) is 2.32. The summed E-state index contributed by atoms with van der Waals surface area (Å²) in [7, 11) is 0. The molecule has 0 aliphatic heterocycles. The van der Waals surface area contributed by atoms with E-state index in [1.165, 1.54) is 17.5 Å². The molecule has 0 fully saturated rings. The second kappa shape index (κ2) is 5.57. The second-order valence-corrected chi connectivity index (χ2v) is 4.40. The van der Waals surface area contributed by atoms with Gasteiger partial charge in [0.2, 0.25) is 0 Å². The molecule has 0 radical (unpaired) electrons. The Kier molecular flexibility index (Phi) is 3.86. The molecule has 0 atom stereocenters. The van der Waals surface area contributed by atoms with Gasteiger partial charge in [-0.3, -0.25) is 15.2 Å². The van der Waals surface area contributed by atoms with Crippen LogP contribution in [0.25, 0.3) is 20.9 Å². The average molecular weight is 276 g/mol. The quantitative estimate of drug-likeness (QED) is 0.572. The first-order chi connectivity index (χ1) is 9.25. The van der Waals surface area contributed by atoms with Crippen LogP contribution in [0.2, 0.25) is 0 Å². The molecule has 1 N–H and O–H groups in total. The molecule has 0 aliphatic carbocycles. The van der Waals surface area contributed by atoms with E-state index in [0.29, 0.717) is 10.7 Å². The van der Waals surface area contributed by atoms with E-state index in [2.05, 4.69) is 15.2 Å². The molecular weight excluding hydrogens is 264 g/mol. The van der Waals surface area contributed by atoms with Crippen LogP contribution in [0.1, 0.15) is 13.8 Å². The summed E-state index contributed by atoms with van der Waals surface area (Å²) in [5.41, 5.74) is 1.14. The molecule has 19 heavy (non-hydrogen) atoms. The summed E-state index contributed by atoms with van der Waals surface area (Å²) in [6.45, 7) is 4.00. The van der Waals surface area contributed by atoms with E-state index < -0.39 is 4.92 Å². The van der Waals surface area contributed by atoms with E-state index in [-0.39, 0.29) is 5.69 Å². The minimum atomic E-state index is -0.467. The molecule has 98 valence electrons. The summed E-state index contributed by atoms with van der Waals surface area (Å²) < 4.78 is 0.992. The molecule has 6 nitrogen and oxygen atoms in total. The predicted octanol–water partition coefficient (Wildman–Crippen LogP) is 3.62. The zero-order valence-corrected chi connectivity index (χ0v) is 11.3. The van der Waals surface area contributed by atoms with Crippen molar-refractivity contribution in [1.29, 1.82) is 0 Å². The van der Waals surface area contributed by atoms with Gasteiger partial charge in [-0.25, -0.2) is 4.98 Å². The summed E-state index contributed by atoms with van der Waals surface area (Å²) in [4.78, 5) is 14.7. The molecule has 2 heterocycles. The summed E-state index contributed by atoms with van der Waals surface area (Å²) in [5.74, 6) is 0. The molecule has 0 bridgehead atoms. The highest BCUT2D eigenvalue weighted by atomic mass is 32.1. The number of nitrogens with one attached hydrogen (secondary N) is 1. The minimum Gasteiger partial charge on any atom is -0.269 e. The van der Waals surface area contributed by atoms with Crippen LogP contribution in [0.4, 0.5) is 5.69 Å². The summed E-state index contributed by atoms with van der Waals surface area (Å²) >= 11 is 1.40. The Labute approximate surface area is 113 Å². The monoisotopic (exact) mass is 276 g/mol. The van der Waals surface area contributed by atoms with Crippen molar-refractivity contribution in [3.63, 3.8) is 0 Å². The fourth-order valence-corrected chi connectivity index (χ4v) is 2.52. The van der Waals surface area contributed by atoms with Crippen LogP contribution >= 0.6 is 11.3 Å². The Morgan fingerprint density at radius 3 is 2.74 bits per heavy atom. The number of nitrogens with zero attached hydrogens (tertiary/aromatic N) is 3. The lowest BCUT2D eigenvalue weighted by Crippen LogP contribution is -1.88. The number of aromatic nitrogens is 3. The number of benzene rings is 1. The fraction of sp³-hybridized carbons (Fsp3) is 0.167. The van der Waals surface area contributed by atoms with E-state index >= 15 is 0 Å². The van der Waals surface area contributed by atoms with Gasteiger partial charge in [0.25, 0.3) is 0 Å². The average Bonchev–Trinajstić information content (AvgIpc) is 3.07. The third-order valence-corrected chi connectivity index (χ3v) is 3.38. The molecular formula is C12H12N4O2S. The first-order valence-corrected chi connectivity index (χ1v) is 6.61. The van der Waals surface area contributed by atoms with Crippen LogP contribution in [-0.4, -0.2) is 20.1 Å². The van der Waals surface area contributed by atoms with Gasteiger partial charge >= 0.3 is 5.69 Å². The number of fused-ring (bicyclic) bond motifs is 1. The topological polar surface area (TPSA) is 84.7 Å². The predicted molar refractivity (Wildman–Crippen MR) is 75.2 cm³/mol. The van der Waals surface area contributed by atoms with Crippen LogP contribution in [0.5, 0.6) is 0 Å². The molecule has 0 unspecified atom stereocenters. The normalized spacial score (nSPS) is 10.0. The van der Waals surface area contributed by atoms with Gasteiger partial charge in [-0.1, -0.05) is 26.0 Å². The molecule has 0 amide bonds. The Morgan fingerprint density at radius 2 is 2.05 bits per heavy atom. The molecule has 3 aromatic rings. The Morgan fingerprint density at radius 1 is 1.32 bits per heavy atom. The fourth-order valence-electron chi connectivity index (χ4n) is 1.55. The maximum atomic E-state index is 10.8. The van der Waals surface area contributed by atoms with E-state index in [9.17, 15) is 10.1 Å². The second-order valence-electron chi connectivity index (χ2n) is 3.37. The maximum Gasteiger partial charge on any atom is 0.317 e. The van der Waals surface area contributed by atoms with Crippen LogP contribution in [-0.2, 0) is 0 Å². The van der Waals surface area contributed by atoms with Crippen LogP contribution in [0, 0.1) is 10.1 Å². The highest BCUT2D eigenvalue weighted by Gasteiger charge is 2.20. The van der Waals surface area contributed by atoms with Crippen molar-refractivity contribution in [3.05, 3.63) is 40.6 Å². The number of rotatable bonds is 2. The number of H-pyrrole nitrogens is 1. The molecule has 3 rings (SSSR count). The largest absolute Gasteiger partial charge is 0.317 e. The number of aromatic amines is 1. The summed E-state index contributed by atoms with van der Waals surface area (Å²) in [5, 5.41) is 17.7. The van der Waals surface area contributed by atoms with Gasteiger partial charge in [-0.2, -0.15) is 5.10 Å². The molecule has 0 saturated heterocycles. The molecule has 7 heteroatoms. The number of para-hydroxylation sites is 1. The zero-order valence-electron chi connectivity index (χ0n) is 10.5. The van der Waals surface area contributed by atoms with Crippen molar-refractivity contribution in [1.82, 2.24) is 15.2 Å². The van der Waals surface area contributed by atoms with Crippen molar-refractivity contribution >= 4 is 27.2 Å². The van der Waals surface area contributed by atoms with E-state index in [1.54, 1.807) is 0 Å². The first-order valence-electron chi connectivity index (χ1n) is 5.79. The highest BCUT2D eigenvalue weighted by molar-refractivity contribution is 7.21. The molecule has 1 aromatic carbocycles. The van der Waals surface area contributed by atoms with Crippen molar-refractivity contribution in [3.8, 4) is 10.7 Å². The Hall–Kier alpha value is -2.28. The smallest absolute Gasteiger partial charge is 0.269 e. The Balaban J connectivity index is 0.000000637. The van der Waals surface area contributed by atoms with Gasteiger partial charge in [0.05, 0.1) is 15.1 Å². The lowest BCUT2D eigenvalue weighted by atomic mass is 10.3. The van der Waals surface area contributed by atoms with Gasteiger partial charge in [-0.05, 0) is 12.1 Å². The highest BCUT2D eigenvalue weighted by Crippen LogP contribution is 2.33. The van der Waals surface area contributed by atoms with Crippen LogP contribution < -0.4 is 0 Å². The summed E-state index contributed by atoms with van der Waals surface area (Å²) in [6.07, 6.45) is 1.20. The Bertz CT molecular complexity index is 671. The molecule has 0 aliphatic rings. The first kappa shape index (κ1) is 13.2. The van der Waals surface area contributed by atoms with Gasteiger partial charge in [0.15, 0.2) is 5.69 Å². The lowest BCUT2D eigenvalue weighted by molar-refractivity contribution is -0.384. The SMILES string of the molecule is CC.O=[N+]([O-])c1cn[nH]c1-c1nc2ccccc2s1. The number of hydrogen-bond acceptors (Lipinski definition) is 5. The number of nitro groups is 1. The zero-order chi connectivity index (χ0) is 13.8. The number of hydrogen-bond donors (Lipinski definition) is 1. The number of thiazole rings is 1. The van der Waals surface area contributed by atoms with Crippen molar-refractivity contribution in [2.24, 2.45) is 0 Å². The van der Waals surface area contributed by atoms with Gasteiger partial charge in [0, 0.05) is 0 Å². The molecule has 0 spiro atoms. The standard InChI is InChI=1S/C10H6N4O2S.C2H6/c15-14(16)7-5-11-13-9(7)10-12-6-3-1-2-4-8(6)17-10;1-2/h1-5H,(H,11,13);1-2H3. The third kappa shape index (κ3) is 2.45. The van der Waals surface area contributed by atoms with Gasteiger partial charge < -0.3 is 0 Å². The summed E-state index contributed by atoms with van der Waals surface area (Å²) in [6, 6.07) is 7.59. The van der Waals surface area contributed by atoms with Gasteiger partial charge in [-0.15, -0.1) is 11.3 Å². The maximum absolute atomic E-state index is 10.8. The molecule has 0 saturated carbocycles. The van der Waals surface area contributed by atoms with Crippen LogP contribution in [0.15, 0.2) is 30.5 Å². The van der Waals surface area contributed by atoms with E-state index in [0.717, 1.165) is 10.2 Å². The van der Waals surface area contributed by atoms with Crippen molar-refractivity contribution in [2.45, 2.75) is 13.8 Å².